The van der Waals surface area contributed by atoms with Crippen molar-refractivity contribution in [2.45, 2.75) is 26.7 Å². The van der Waals surface area contributed by atoms with E-state index >= 15 is 0 Å². The van der Waals surface area contributed by atoms with Gasteiger partial charge in [0.25, 0.3) is 5.91 Å². The average molecular weight is 311 g/mol. The van der Waals surface area contributed by atoms with E-state index in [1.807, 2.05) is 42.5 Å². The normalized spacial score (nSPS) is 10.4. The van der Waals surface area contributed by atoms with Crippen LogP contribution < -0.4 is 9.80 Å². The van der Waals surface area contributed by atoms with Gasteiger partial charge >= 0.3 is 0 Å². The Hall–Kier alpha value is -2.36. The largest absolute Gasteiger partial charge is 0.370 e. The minimum Gasteiger partial charge on any atom is -0.370 e. The first kappa shape index (κ1) is 17.0. The summed E-state index contributed by atoms with van der Waals surface area (Å²) >= 11 is 0. The van der Waals surface area contributed by atoms with Crippen LogP contribution in [0, 0.1) is 0 Å². The second-order valence-electron chi connectivity index (χ2n) is 5.59. The summed E-state index contributed by atoms with van der Waals surface area (Å²) in [5.74, 6) is -0.0970. The molecule has 1 aromatic carbocycles. The molecular weight excluding hydrogens is 286 g/mol. The van der Waals surface area contributed by atoms with Crippen molar-refractivity contribution in [3.63, 3.8) is 0 Å². The molecule has 0 aliphatic rings. The summed E-state index contributed by atoms with van der Waals surface area (Å²) in [7, 11) is 1.77. The van der Waals surface area contributed by atoms with Crippen molar-refractivity contribution in [1.29, 1.82) is 0 Å². The van der Waals surface area contributed by atoms with Crippen molar-refractivity contribution < 1.29 is 4.79 Å². The lowest BCUT2D eigenvalue weighted by Gasteiger charge is -2.23. The zero-order chi connectivity index (χ0) is 16.7. The van der Waals surface area contributed by atoms with Gasteiger partial charge in [0.1, 0.15) is 5.69 Å². The van der Waals surface area contributed by atoms with Gasteiger partial charge in [0, 0.05) is 25.8 Å². The van der Waals surface area contributed by atoms with Crippen LogP contribution >= 0.6 is 0 Å². The molecule has 0 saturated heterocycles. The molecule has 0 bridgehead atoms. The maximum Gasteiger partial charge on any atom is 0.276 e. The molecule has 1 aromatic heterocycles. The predicted octanol–water partition coefficient (Wildman–Crippen LogP) is 3.98. The Morgan fingerprint density at radius 1 is 0.957 bits per heavy atom. The first-order chi connectivity index (χ1) is 11.2. The summed E-state index contributed by atoms with van der Waals surface area (Å²) in [6, 6.07) is 13.4. The molecule has 0 atom stereocenters. The van der Waals surface area contributed by atoms with Crippen LogP contribution in [0.25, 0.3) is 0 Å². The Bertz CT molecular complexity index is 604. The van der Waals surface area contributed by atoms with Gasteiger partial charge in [-0.1, -0.05) is 32.0 Å². The van der Waals surface area contributed by atoms with Gasteiger partial charge in [0.2, 0.25) is 0 Å². The second kappa shape index (κ2) is 8.32. The van der Waals surface area contributed by atoms with Crippen molar-refractivity contribution >= 4 is 17.3 Å². The van der Waals surface area contributed by atoms with Gasteiger partial charge in [-0.3, -0.25) is 4.79 Å². The molecule has 0 fully saturated rings. The third-order valence-corrected chi connectivity index (χ3v) is 3.77. The van der Waals surface area contributed by atoms with E-state index in [4.69, 9.17) is 0 Å². The smallest absolute Gasteiger partial charge is 0.276 e. The zero-order valence-electron chi connectivity index (χ0n) is 14.2. The van der Waals surface area contributed by atoms with Crippen LogP contribution in [-0.4, -0.2) is 31.0 Å². The quantitative estimate of drug-likeness (QED) is 0.776. The highest BCUT2D eigenvalue weighted by molar-refractivity contribution is 6.04. The predicted molar refractivity (Wildman–Crippen MR) is 96.2 cm³/mol. The molecular formula is C19H25N3O. The summed E-state index contributed by atoms with van der Waals surface area (Å²) in [6.45, 7) is 6.35. The molecule has 4 nitrogen and oxygen atoms in total. The van der Waals surface area contributed by atoms with Crippen LogP contribution in [0.2, 0.25) is 0 Å². The van der Waals surface area contributed by atoms with Gasteiger partial charge in [0.15, 0.2) is 0 Å². The fraction of sp³-hybridized carbons (Fsp3) is 0.368. The number of carbonyl (C=O) groups is 1. The zero-order valence-corrected chi connectivity index (χ0v) is 14.2. The highest BCUT2D eigenvalue weighted by Crippen LogP contribution is 2.17. The average Bonchev–Trinajstić information content (AvgIpc) is 2.61. The van der Waals surface area contributed by atoms with Gasteiger partial charge in [-0.05, 0) is 37.1 Å². The van der Waals surface area contributed by atoms with Gasteiger partial charge in [-0.25, -0.2) is 4.98 Å². The third-order valence-electron chi connectivity index (χ3n) is 3.77. The van der Waals surface area contributed by atoms with E-state index in [2.05, 4.69) is 23.7 Å². The van der Waals surface area contributed by atoms with E-state index < -0.39 is 0 Å². The molecule has 1 amide bonds. The Labute approximate surface area is 138 Å². The Morgan fingerprint density at radius 3 is 2.13 bits per heavy atom. The molecule has 0 radical (unpaired) electrons. The van der Waals surface area contributed by atoms with Gasteiger partial charge < -0.3 is 9.80 Å². The van der Waals surface area contributed by atoms with Gasteiger partial charge in [-0.15, -0.1) is 0 Å². The maximum absolute atomic E-state index is 12.5. The van der Waals surface area contributed by atoms with E-state index in [-0.39, 0.29) is 5.91 Å². The summed E-state index contributed by atoms with van der Waals surface area (Å²) in [6.07, 6.45) is 3.99. The number of para-hydroxylation sites is 1. The fourth-order valence-corrected chi connectivity index (χ4v) is 2.55. The van der Waals surface area contributed by atoms with E-state index in [0.29, 0.717) is 5.69 Å². The Balaban J connectivity index is 2.13. The number of rotatable bonds is 7. The van der Waals surface area contributed by atoms with Gasteiger partial charge in [-0.2, -0.15) is 0 Å². The molecule has 0 spiro atoms. The molecule has 23 heavy (non-hydrogen) atoms. The topological polar surface area (TPSA) is 36.4 Å². The molecule has 2 rings (SSSR count). The first-order valence-electron chi connectivity index (χ1n) is 8.21. The minimum absolute atomic E-state index is 0.0970. The van der Waals surface area contributed by atoms with Crippen LogP contribution in [0.1, 0.15) is 37.2 Å². The number of hydrogen-bond acceptors (Lipinski definition) is 3. The van der Waals surface area contributed by atoms with Crippen LogP contribution in [-0.2, 0) is 0 Å². The first-order valence-corrected chi connectivity index (χ1v) is 8.21. The Morgan fingerprint density at radius 2 is 1.61 bits per heavy atom. The number of aromatic nitrogens is 1. The monoisotopic (exact) mass is 311 g/mol. The third kappa shape index (κ3) is 4.31. The molecule has 0 aliphatic heterocycles. The van der Waals surface area contributed by atoms with E-state index in [0.717, 1.165) is 37.3 Å². The van der Waals surface area contributed by atoms with Crippen LogP contribution in [0.15, 0.2) is 48.7 Å². The van der Waals surface area contributed by atoms with Crippen LogP contribution in [0.4, 0.5) is 11.4 Å². The number of nitrogens with zero attached hydrogens (tertiary/aromatic N) is 3. The molecule has 122 valence electrons. The summed E-state index contributed by atoms with van der Waals surface area (Å²) in [5.41, 5.74) is 2.41. The van der Waals surface area contributed by atoms with Crippen LogP contribution in [0.3, 0.4) is 0 Å². The minimum atomic E-state index is -0.0970. The van der Waals surface area contributed by atoms with Crippen LogP contribution in [0.5, 0.6) is 0 Å². The summed E-state index contributed by atoms with van der Waals surface area (Å²) in [5, 5.41) is 0. The fourth-order valence-electron chi connectivity index (χ4n) is 2.55. The molecule has 4 heteroatoms. The number of anilines is 2. The summed E-state index contributed by atoms with van der Waals surface area (Å²) in [4.78, 5) is 20.8. The standard InChI is InChI=1S/C19H25N3O/c1-4-13-22(14-5-2)17-11-12-18(20-15-17)19(23)21(3)16-9-7-6-8-10-16/h6-12,15H,4-5,13-14H2,1-3H3. The van der Waals surface area contributed by atoms with E-state index in [9.17, 15) is 4.79 Å². The van der Waals surface area contributed by atoms with E-state index in [1.54, 1.807) is 18.1 Å². The van der Waals surface area contributed by atoms with Crippen molar-refractivity contribution in [1.82, 2.24) is 4.98 Å². The number of carbonyl (C=O) groups excluding carboxylic acids is 1. The molecule has 0 N–H and O–H groups in total. The number of amides is 1. The molecule has 0 unspecified atom stereocenters. The lowest BCUT2D eigenvalue weighted by atomic mass is 10.2. The second-order valence-corrected chi connectivity index (χ2v) is 5.59. The SMILES string of the molecule is CCCN(CCC)c1ccc(C(=O)N(C)c2ccccc2)nc1. The van der Waals surface area contributed by atoms with Crippen molar-refractivity contribution in [2.75, 3.05) is 29.9 Å². The number of hydrogen-bond donors (Lipinski definition) is 0. The molecule has 2 aromatic rings. The number of benzene rings is 1. The lowest BCUT2D eigenvalue weighted by Crippen LogP contribution is -2.28. The van der Waals surface area contributed by atoms with Crippen molar-refractivity contribution in [2.24, 2.45) is 0 Å². The maximum atomic E-state index is 12.5. The highest BCUT2D eigenvalue weighted by atomic mass is 16.2. The highest BCUT2D eigenvalue weighted by Gasteiger charge is 2.15. The molecule has 0 aliphatic carbocycles. The number of pyridine rings is 1. The van der Waals surface area contributed by atoms with Gasteiger partial charge in [0.05, 0.1) is 11.9 Å². The molecule has 0 saturated carbocycles. The van der Waals surface area contributed by atoms with Crippen molar-refractivity contribution in [3.8, 4) is 0 Å². The lowest BCUT2D eigenvalue weighted by molar-refractivity contribution is 0.0988. The van der Waals surface area contributed by atoms with E-state index in [1.165, 1.54) is 0 Å². The summed E-state index contributed by atoms with van der Waals surface area (Å²) < 4.78 is 0. The van der Waals surface area contributed by atoms with Crippen molar-refractivity contribution in [3.05, 3.63) is 54.4 Å². The molecule has 1 heterocycles. The Kier molecular flexibility index (Phi) is 6.15.